The van der Waals surface area contributed by atoms with Crippen LogP contribution in [-0.2, 0) is 14.3 Å². The second-order valence-electron chi connectivity index (χ2n) is 7.22. The molecule has 0 saturated heterocycles. The fourth-order valence-electron chi connectivity index (χ4n) is 2.95. The number of anilines is 3. The molecule has 0 spiro atoms. The third-order valence-corrected chi connectivity index (χ3v) is 4.80. The van der Waals surface area contributed by atoms with E-state index in [1.54, 1.807) is 6.07 Å². The molecule has 3 rings (SSSR count). The van der Waals surface area contributed by atoms with E-state index in [9.17, 15) is 9.59 Å². The lowest BCUT2D eigenvalue weighted by molar-refractivity contribution is -0.117. The van der Waals surface area contributed by atoms with Crippen molar-refractivity contribution in [1.29, 1.82) is 0 Å². The minimum absolute atomic E-state index is 0.0661. The Labute approximate surface area is 177 Å². The van der Waals surface area contributed by atoms with Gasteiger partial charge in [0, 0.05) is 35.7 Å². The van der Waals surface area contributed by atoms with Crippen LogP contribution in [0.5, 0.6) is 5.75 Å². The highest BCUT2D eigenvalue weighted by Gasteiger charge is 2.29. The molecule has 30 heavy (non-hydrogen) atoms. The number of rotatable bonds is 11. The molecular weight excluding hydrogens is 382 g/mol. The zero-order valence-electron chi connectivity index (χ0n) is 17.5. The molecule has 7 heteroatoms. The van der Waals surface area contributed by atoms with Crippen LogP contribution in [0.2, 0.25) is 0 Å². The van der Waals surface area contributed by atoms with Gasteiger partial charge in [0.2, 0.25) is 11.8 Å². The molecule has 0 aliphatic heterocycles. The largest absolute Gasteiger partial charge is 0.491 e. The molecular formula is C23H29N3O4. The number of carbonyl (C=O) groups excluding carboxylic acids is 2. The molecule has 0 heterocycles. The minimum atomic E-state index is -0.173. The van der Waals surface area contributed by atoms with Crippen molar-refractivity contribution in [2.45, 2.75) is 26.7 Å². The van der Waals surface area contributed by atoms with Crippen LogP contribution in [0.25, 0.3) is 0 Å². The van der Waals surface area contributed by atoms with E-state index in [0.29, 0.717) is 31.3 Å². The molecule has 2 aromatic rings. The summed E-state index contributed by atoms with van der Waals surface area (Å²) in [4.78, 5) is 24.4. The molecule has 7 nitrogen and oxygen atoms in total. The first kappa shape index (κ1) is 21.6. The Bertz CT molecular complexity index is 881. The maximum absolute atomic E-state index is 12.4. The Morgan fingerprint density at radius 3 is 2.57 bits per heavy atom. The Morgan fingerprint density at radius 1 is 1.03 bits per heavy atom. The first-order valence-electron chi connectivity index (χ1n) is 10.3. The number of amides is 2. The summed E-state index contributed by atoms with van der Waals surface area (Å²) in [5.41, 5.74) is 3.16. The van der Waals surface area contributed by atoms with Gasteiger partial charge in [-0.3, -0.25) is 9.59 Å². The fourth-order valence-corrected chi connectivity index (χ4v) is 2.95. The van der Waals surface area contributed by atoms with Crippen LogP contribution in [0, 0.1) is 12.8 Å². The van der Waals surface area contributed by atoms with E-state index in [4.69, 9.17) is 9.47 Å². The minimum Gasteiger partial charge on any atom is -0.491 e. The van der Waals surface area contributed by atoms with E-state index in [0.717, 1.165) is 29.8 Å². The van der Waals surface area contributed by atoms with E-state index < -0.39 is 0 Å². The van der Waals surface area contributed by atoms with Crippen LogP contribution in [0.15, 0.2) is 42.5 Å². The number of carbonyl (C=O) groups is 2. The number of hydrogen-bond donors (Lipinski definition) is 3. The van der Waals surface area contributed by atoms with Crippen LogP contribution in [0.3, 0.4) is 0 Å². The van der Waals surface area contributed by atoms with Crippen molar-refractivity contribution in [2.75, 3.05) is 42.3 Å². The van der Waals surface area contributed by atoms with Gasteiger partial charge < -0.3 is 25.4 Å². The molecule has 3 N–H and O–H groups in total. The Balaban J connectivity index is 1.50. The van der Waals surface area contributed by atoms with E-state index in [1.807, 2.05) is 50.2 Å². The highest BCUT2D eigenvalue weighted by Crippen LogP contribution is 2.31. The molecule has 2 aromatic carbocycles. The Morgan fingerprint density at radius 2 is 1.80 bits per heavy atom. The summed E-state index contributed by atoms with van der Waals surface area (Å²) in [7, 11) is 0. The summed E-state index contributed by atoms with van der Waals surface area (Å²) in [6, 6.07) is 12.9. The highest BCUT2D eigenvalue weighted by molar-refractivity contribution is 5.96. The zero-order chi connectivity index (χ0) is 21.3. The van der Waals surface area contributed by atoms with Gasteiger partial charge in [-0.25, -0.2) is 0 Å². The molecule has 0 unspecified atom stereocenters. The molecule has 1 fully saturated rings. The zero-order valence-corrected chi connectivity index (χ0v) is 17.5. The standard InChI is InChI=1S/C23H29N3O4/c1-3-29-12-13-30-19-7-4-6-18(14-19)25-22(27)15-24-20-8-5-9-21(16(20)2)26-23(28)17-10-11-17/h4-9,14,17,24H,3,10-13,15H2,1-2H3,(H,25,27)(H,26,28). The van der Waals surface area contributed by atoms with Crippen molar-refractivity contribution in [3.63, 3.8) is 0 Å². The van der Waals surface area contributed by atoms with Gasteiger partial charge in [-0.05, 0) is 56.5 Å². The van der Waals surface area contributed by atoms with Gasteiger partial charge in [0.15, 0.2) is 0 Å². The van der Waals surface area contributed by atoms with Crippen molar-refractivity contribution in [1.82, 2.24) is 0 Å². The van der Waals surface area contributed by atoms with Gasteiger partial charge >= 0.3 is 0 Å². The lowest BCUT2D eigenvalue weighted by Gasteiger charge is -2.14. The predicted octanol–water partition coefficient (Wildman–Crippen LogP) is 3.81. The number of benzene rings is 2. The molecule has 0 radical (unpaired) electrons. The topological polar surface area (TPSA) is 88.7 Å². The van der Waals surface area contributed by atoms with Gasteiger partial charge in [-0.1, -0.05) is 12.1 Å². The second-order valence-corrected chi connectivity index (χ2v) is 7.22. The van der Waals surface area contributed by atoms with E-state index in [-0.39, 0.29) is 24.3 Å². The quantitative estimate of drug-likeness (QED) is 0.490. The molecule has 1 saturated carbocycles. The fraction of sp³-hybridized carbons (Fsp3) is 0.391. The van der Waals surface area contributed by atoms with Crippen molar-refractivity contribution in [3.05, 3.63) is 48.0 Å². The first-order valence-corrected chi connectivity index (χ1v) is 10.3. The summed E-state index contributed by atoms with van der Waals surface area (Å²) in [5.74, 6) is 0.714. The number of hydrogen-bond acceptors (Lipinski definition) is 5. The van der Waals surface area contributed by atoms with Gasteiger partial charge in [0.05, 0.1) is 13.2 Å². The second kappa shape index (κ2) is 10.6. The molecule has 160 valence electrons. The van der Waals surface area contributed by atoms with Crippen LogP contribution in [0.1, 0.15) is 25.3 Å². The van der Waals surface area contributed by atoms with E-state index in [2.05, 4.69) is 16.0 Å². The normalized spacial score (nSPS) is 12.9. The summed E-state index contributed by atoms with van der Waals surface area (Å²) in [5, 5.41) is 8.97. The number of nitrogens with one attached hydrogen (secondary N) is 3. The van der Waals surface area contributed by atoms with Gasteiger partial charge in [-0.15, -0.1) is 0 Å². The maximum Gasteiger partial charge on any atom is 0.243 e. The molecule has 1 aliphatic rings. The SMILES string of the molecule is CCOCCOc1cccc(NC(=O)CNc2cccc(NC(=O)C3CC3)c2C)c1. The maximum atomic E-state index is 12.4. The monoisotopic (exact) mass is 411 g/mol. The third kappa shape index (κ3) is 6.49. The van der Waals surface area contributed by atoms with E-state index in [1.165, 1.54) is 0 Å². The average Bonchev–Trinajstić information content (AvgIpc) is 3.58. The average molecular weight is 412 g/mol. The summed E-state index contributed by atoms with van der Waals surface area (Å²) in [6.07, 6.45) is 1.92. The summed E-state index contributed by atoms with van der Waals surface area (Å²) in [6.45, 7) is 5.60. The Hall–Kier alpha value is -3.06. The van der Waals surface area contributed by atoms with Crippen molar-refractivity contribution < 1.29 is 19.1 Å². The lowest BCUT2D eigenvalue weighted by atomic mass is 10.1. The van der Waals surface area contributed by atoms with Crippen molar-refractivity contribution in [3.8, 4) is 5.75 Å². The van der Waals surface area contributed by atoms with Crippen LogP contribution in [-0.4, -0.2) is 38.2 Å². The van der Waals surface area contributed by atoms with E-state index >= 15 is 0 Å². The molecule has 2 amide bonds. The molecule has 1 aliphatic carbocycles. The van der Waals surface area contributed by atoms with Gasteiger partial charge in [-0.2, -0.15) is 0 Å². The Kier molecular flexibility index (Phi) is 7.68. The van der Waals surface area contributed by atoms with Crippen LogP contribution < -0.4 is 20.7 Å². The van der Waals surface area contributed by atoms with Crippen LogP contribution >= 0.6 is 0 Å². The molecule has 0 bridgehead atoms. The van der Waals surface area contributed by atoms with Crippen LogP contribution in [0.4, 0.5) is 17.1 Å². The third-order valence-electron chi connectivity index (χ3n) is 4.80. The van der Waals surface area contributed by atoms with Gasteiger partial charge in [0.1, 0.15) is 12.4 Å². The van der Waals surface area contributed by atoms with Crippen molar-refractivity contribution in [2.24, 2.45) is 5.92 Å². The first-order chi connectivity index (χ1) is 14.6. The van der Waals surface area contributed by atoms with Gasteiger partial charge in [0.25, 0.3) is 0 Å². The predicted molar refractivity (Wildman–Crippen MR) is 118 cm³/mol. The number of ether oxygens (including phenoxy) is 2. The molecule has 0 aromatic heterocycles. The lowest BCUT2D eigenvalue weighted by Crippen LogP contribution is -2.22. The highest BCUT2D eigenvalue weighted by atomic mass is 16.5. The summed E-state index contributed by atoms with van der Waals surface area (Å²) < 4.78 is 10.9. The summed E-state index contributed by atoms with van der Waals surface area (Å²) >= 11 is 0. The smallest absolute Gasteiger partial charge is 0.243 e. The van der Waals surface area contributed by atoms with Crippen molar-refractivity contribution >= 4 is 28.9 Å². The molecule has 0 atom stereocenters.